The van der Waals surface area contributed by atoms with Gasteiger partial charge in [0, 0.05) is 20.3 Å². The molecule has 2 fully saturated rings. The number of hydrogen-bond acceptors (Lipinski definition) is 20. The third-order valence-corrected chi connectivity index (χ3v) is 10.9. The van der Waals surface area contributed by atoms with Gasteiger partial charge < -0.3 is 103 Å². The summed E-state index contributed by atoms with van der Waals surface area (Å²) in [6.45, 7) is 4.00. The molecule has 18 N–H and O–H groups in total. The van der Waals surface area contributed by atoms with E-state index in [9.17, 15) is 83.7 Å². The molecule has 16 atom stereocenters. The van der Waals surface area contributed by atoms with E-state index in [0.717, 1.165) is 20.8 Å². The van der Waals surface area contributed by atoms with Crippen molar-refractivity contribution < 1.29 is 103 Å². The summed E-state index contributed by atoms with van der Waals surface area (Å²) in [5.74, 6) is -10.8. The number of carbonyl (C=O) groups is 10. The first kappa shape index (κ1) is 60.4. The smallest absolute Gasteiger partial charge is 0.325 e. The van der Waals surface area contributed by atoms with Crippen LogP contribution in [-0.4, -0.2) is 212 Å². The van der Waals surface area contributed by atoms with E-state index in [1.165, 1.54) is 13.8 Å². The Balaban J connectivity index is 2.37. The molecular weight excluding hydrogens is 942 g/mol. The monoisotopic (exact) mass is 1010 g/mol. The summed E-state index contributed by atoms with van der Waals surface area (Å²) < 4.78 is 23.2. The van der Waals surface area contributed by atoms with Crippen molar-refractivity contribution in [3.8, 4) is 0 Å². The van der Waals surface area contributed by atoms with Crippen molar-refractivity contribution in [3.63, 3.8) is 0 Å². The number of amides is 8. The molecule has 2 rings (SSSR count). The maximum absolute atomic E-state index is 13.7. The quantitative estimate of drug-likeness (QED) is 0.0324. The first-order valence-corrected chi connectivity index (χ1v) is 22.1. The van der Waals surface area contributed by atoms with E-state index in [0.29, 0.717) is 6.42 Å². The molecule has 0 aliphatic carbocycles. The van der Waals surface area contributed by atoms with Crippen molar-refractivity contribution in [1.29, 1.82) is 0 Å². The number of primary amides is 1. The predicted molar refractivity (Wildman–Crippen MR) is 232 cm³/mol. The Labute approximate surface area is 400 Å². The van der Waals surface area contributed by atoms with Gasteiger partial charge in [-0.1, -0.05) is 0 Å². The zero-order valence-electron chi connectivity index (χ0n) is 39.1. The Hall–Kier alpha value is -5.70. The van der Waals surface area contributed by atoms with Crippen LogP contribution in [0.15, 0.2) is 0 Å². The van der Waals surface area contributed by atoms with Gasteiger partial charge in [0.1, 0.15) is 85.0 Å². The maximum Gasteiger partial charge on any atom is 0.325 e. The fourth-order valence-electron chi connectivity index (χ4n) is 7.13. The second-order valence-corrected chi connectivity index (χ2v) is 16.6. The molecule has 0 aromatic rings. The van der Waals surface area contributed by atoms with E-state index in [2.05, 4.69) is 37.2 Å². The van der Waals surface area contributed by atoms with E-state index in [-0.39, 0.29) is 19.4 Å². The molecule has 30 nitrogen and oxygen atoms in total. The third kappa shape index (κ3) is 18.6. The molecule has 2 aliphatic rings. The van der Waals surface area contributed by atoms with Gasteiger partial charge in [-0.05, 0) is 53.0 Å². The molecule has 0 spiro atoms. The van der Waals surface area contributed by atoms with Crippen LogP contribution in [0.5, 0.6) is 0 Å². The van der Waals surface area contributed by atoms with E-state index in [4.69, 9.17) is 30.4 Å². The lowest BCUT2D eigenvalue weighted by Crippen LogP contribution is -2.70. The van der Waals surface area contributed by atoms with Crippen LogP contribution >= 0.6 is 0 Å². The van der Waals surface area contributed by atoms with E-state index >= 15 is 0 Å². The first-order valence-electron chi connectivity index (χ1n) is 22.1. The maximum atomic E-state index is 13.7. The third-order valence-electron chi connectivity index (χ3n) is 10.9. The van der Waals surface area contributed by atoms with Gasteiger partial charge in [-0.3, -0.25) is 47.9 Å². The number of carboxylic acid groups (broad SMARTS) is 2. The van der Waals surface area contributed by atoms with Gasteiger partial charge >= 0.3 is 11.9 Å². The first-order chi connectivity index (χ1) is 32.8. The molecule has 398 valence electrons. The normalized spacial score (nSPS) is 26.8. The Bertz CT molecular complexity index is 1850. The second kappa shape index (κ2) is 28.8. The van der Waals surface area contributed by atoms with Gasteiger partial charge in [-0.2, -0.15) is 0 Å². The summed E-state index contributed by atoms with van der Waals surface area (Å²) in [5.41, 5.74) is 10.9. The molecule has 70 heavy (non-hydrogen) atoms. The molecule has 0 saturated carbocycles. The molecule has 1 unspecified atom stereocenters. The number of nitrogens with one attached hydrogen (secondary N) is 7. The van der Waals surface area contributed by atoms with Crippen molar-refractivity contribution in [2.75, 3.05) is 19.8 Å². The van der Waals surface area contributed by atoms with Crippen LogP contribution in [0.2, 0.25) is 0 Å². The van der Waals surface area contributed by atoms with Crippen molar-refractivity contribution in [2.45, 2.75) is 171 Å². The zero-order chi connectivity index (χ0) is 53.2. The average molecular weight is 1010 g/mol. The molecule has 0 radical (unpaired) electrons. The van der Waals surface area contributed by atoms with Gasteiger partial charge in [-0.25, -0.2) is 0 Å². The minimum Gasteiger partial charge on any atom is -0.481 e. The summed E-state index contributed by atoms with van der Waals surface area (Å²) in [6, 6.07) is -11.0. The summed E-state index contributed by atoms with van der Waals surface area (Å²) in [4.78, 5) is 126. The number of hydrogen-bond donors (Lipinski definition) is 16. The predicted octanol–water partition coefficient (Wildman–Crippen LogP) is -8.28. The van der Waals surface area contributed by atoms with E-state index < -0.39 is 189 Å². The van der Waals surface area contributed by atoms with Crippen molar-refractivity contribution in [1.82, 2.24) is 37.2 Å². The van der Waals surface area contributed by atoms with Crippen LogP contribution in [-0.2, 0) is 66.9 Å². The Morgan fingerprint density at radius 1 is 0.629 bits per heavy atom. The van der Waals surface area contributed by atoms with Crippen LogP contribution in [0, 0.1) is 0 Å². The van der Waals surface area contributed by atoms with Crippen LogP contribution in [0.4, 0.5) is 0 Å². The van der Waals surface area contributed by atoms with Crippen molar-refractivity contribution in [2.24, 2.45) is 11.5 Å². The Morgan fingerprint density at radius 3 is 1.69 bits per heavy atom. The van der Waals surface area contributed by atoms with Gasteiger partial charge in [0.2, 0.25) is 47.3 Å². The Morgan fingerprint density at radius 2 is 1.16 bits per heavy atom. The van der Waals surface area contributed by atoms with Crippen molar-refractivity contribution >= 4 is 59.2 Å². The number of aliphatic carboxylic acids is 2. The standard InChI is InChI=1S/C40H67N9O21/c1-15(33(59)47-21(9-10-25(42)54)36(62)48-20(8-6-7-11-41)35(61)49-22(12-26(55)56)37(63)44-16(2)38(64)65)43-34(60)17(3)67-32-28(46-19(5)53)39(66)68-24(14-51)31(32)70-40-27(45-18(4)52)30(58)29(57)23(13-50)69-40/h15-17,20-24,27-32,39-40,50-51,57-58,66H,6-14,41H2,1-5H3,(H2,42,54)(H,43,60)(H,44,63)(H,45,52)(H,46,53)(H,47,59)(H,48,62)(H,49,61)(H,55,56)(H,64,65)/t15-,16+,17+,20-,21+,22+,23+,24+,27+,28+,29+,30+,31+,32+,39?,40-/m0/s1. The van der Waals surface area contributed by atoms with Crippen LogP contribution < -0.4 is 48.7 Å². The number of rotatable bonds is 28. The molecule has 8 amide bonds. The fraction of sp³-hybridized carbons (Fsp3) is 0.750. The highest BCUT2D eigenvalue weighted by Gasteiger charge is 2.53. The molecule has 2 aliphatic heterocycles. The summed E-state index contributed by atoms with van der Waals surface area (Å²) in [5, 5.41) is 87.0. The largest absolute Gasteiger partial charge is 0.481 e. The minimum absolute atomic E-state index is 0.141. The number of unbranched alkanes of at least 4 members (excludes halogenated alkanes) is 1. The molecule has 0 aromatic heterocycles. The second-order valence-electron chi connectivity index (χ2n) is 16.6. The molecule has 30 heteroatoms. The number of aliphatic hydroxyl groups is 5. The lowest BCUT2D eigenvalue weighted by atomic mass is 9.94. The van der Waals surface area contributed by atoms with E-state index in [1.807, 2.05) is 0 Å². The number of nitrogens with two attached hydrogens (primary N) is 2. The highest BCUT2D eigenvalue weighted by atomic mass is 16.7. The SMILES string of the molecule is CC(=O)N[C@H]1[C@H](O[C@H]2[C@H](O[C@H](C)C(=O)N[C@@H](C)C(=O)N[C@H](CCC(N)=O)C(=O)N[C@@H](CCCCN)C(=O)N[C@H](CC(=O)O)C(=O)N[C@H](C)C(=O)O)[C@@H](NC(C)=O)C(O)O[C@@H]2CO)O[C@H](CO)[C@@H](O)[C@@H]1O. The molecular formula is C40H67N9O21. The van der Waals surface area contributed by atoms with Gasteiger partial charge in [-0.15, -0.1) is 0 Å². The van der Waals surface area contributed by atoms with Gasteiger partial charge in [0.15, 0.2) is 12.6 Å². The Kier molecular flexibility index (Phi) is 24.9. The lowest BCUT2D eigenvalue weighted by molar-refractivity contribution is -0.333. The van der Waals surface area contributed by atoms with Crippen LogP contribution in [0.25, 0.3) is 0 Å². The van der Waals surface area contributed by atoms with Crippen LogP contribution in [0.3, 0.4) is 0 Å². The zero-order valence-corrected chi connectivity index (χ0v) is 39.1. The number of carbonyl (C=O) groups excluding carboxylic acids is 8. The number of carboxylic acids is 2. The summed E-state index contributed by atoms with van der Waals surface area (Å²) in [6.07, 6.45) is -16.6. The average Bonchev–Trinajstić information content (AvgIpc) is 3.27. The van der Waals surface area contributed by atoms with Crippen molar-refractivity contribution in [3.05, 3.63) is 0 Å². The number of ether oxygens (including phenoxy) is 4. The van der Waals surface area contributed by atoms with Gasteiger partial charge in [0.25, 0.3) is 0 Å². The highest BCUT2D eigenvalue weighted by Crippen LogP contribution is 2.31. The molecule has 2 heterocycles. The topological polar surface area (TPSA) is 485 Å². The van der Waals surface area contributed by atoms with Gasteiger partial charge in [0.05, 0.1) is 19.6 Å². The number of aliphatic hydroxyl groups excluding tert-OH is 5. The molecule has 2 saturated heterocycles. The minimum atomic E-state index is -1.92. The van der Waals surface area contributed by atoms with Crippen LogP contribution in [0.1, 0.15) is 73.1 Å². The molecule has 0 bridgehead atoms. The summed E-state index contributed by atoms with van der Waals surface area (Å²) in [7, 11) is 0. The lowest BCUT2D eigenvalue weighted by Gasteiger charge is -2.48. The molecule has 0 aromatic carbocycles. The fourth-order valence-corrected chi connectivity index (χ4v) is 7.13. The summed E-state index contributed by atoms with van der Waals surface area (Å²) >= 11 is 0. The highest BCUT2D eigenvalue weighted by molar-refractivity contribution is 5.97. The van der Waals surface area contributed by atoms with E-state index in [1.54, 1.807) is 0 Å².